The van der Waals surface area contributed by atoms with Crippen molar-refractivity contribution in [2.24, 2.45) is 0 Å². The van der Waals surface area contributed by atoms with Gasteiger partial charge in [0.05, 0.1) is 32.2 Å². The molecule has 7 nitrogen and oxygen atoms in total. The van der Waals surface area contributed by atoms with Gasteiger partial charge in [-0.25, -0.2) is 0 Å². The number of nitrogens with one attached hydrogen (secondary N) is 2. The van der Waals surface area contributed by atoms with Crippen LogP contribution in [-0.4, -0.2) is 50.2 Å². The molecule has 0 heterocycles. The quantitative estimate of drug-likeness (QED) is 0.574. The molecule has 1 aromatic carbocycles. The van der Waals surface area contributed by atoms with Crippen LogP contribution in [0.3, 0.4) is 0 Å². The second kappa shape index (κ2) is 12.0. The molecule has 0 aliphatic carbocycles. The fraction of sp³-hybridized carbons (Fsp3) is 0.500. The fourth-order valence-electron chi connectivity index (χ4n) is 2.17. The first-order valence-electron chi connectivity index (χ1n) is 8.43. The van der Waals surface area contributed by atoms with Crippen LogP contribution in [0.5, 0.6) is 0 Å². The van der Waals surface area contributed by atoms with Gasteiger partial charge >= 0.3 is 11.9 Å². The highest BCUT2D eigenvalue weighted by Crippen LogP contribution is 2.03. The monoisotopic (exact) mass is 350 g/mol. The third kappa shape index (κ3) is 8.85. The molecule has 0 aliphatic rings. The van der Waals surface area contributed by atoms with Crippen molar-refractivity contribution in [2.45, 2.75) is 32.7 Å². The van der Waals surface area contributed by atoms with Crippen molar-refractivity contribution in [3.05, 3.63) is 35.9 Å². The van der Waals surface area contributed by atoms with Gasteiger partial charge < -0.3 is 14.8 Å². The van der Waals surface area contributed by atoms with E-state index in [1.54, 1.807) is 13.8 Å². The zero-order valence-corrected chi connectivity index (χ0v) is 14.7. The van der Waals surface area contributed by atoms with E-state index >= 15 is 0 Å². The van der Waals surface area contributed by atoms with E-state index in [2.05, 4.69) is 10.6 Å². The van der Waals surface area contributed by atoms with Gasteiger partial charge in [-0.1, -0.05) is 30.3 Å². The summed E-state index contributed by atoms with van der Waals surface area (Å²) in [5.74, 6) is -1.06. The number of hydrogen-bond donors (Lipinski definition) is 2. The summed E-state index contributed by atoms with van der Waals surface area (Å²) in [7, 11) is 0. The molecule has 0 fully saturated rings. The van der Waals surface area contributed by atoms with Gasteiger partial charge in [-0.3, -0.25) is 19.7 Å². The minimum Gasteiger partial charge on any atom is -0.466 e. The lowest BCUT2D eigenvalue weighted by Crippen LogP contribution is -2.47. The predicted octanol–water partition coefficient (Wildman–Crippen LogP) is 0.820. The van der Waals surface area contributed by atoms with Crippen molar-refractivity contribution in [1.29, 1.82) is 0 Å². The van der Waals surface area contributed by atoms with Crippen molar-refractivity contribution in [3.63, 3.8) is 0 Å². The Balaban J connectivity index is 2.57. The molecule has 1 aromatic rings. The molecule has 25 heavy (non-hydrogen) atoms. The van der Waals surface area contributed by atoms with E-state index < -0.39 is 12.0 Å². The van der Waals surface area contributed by atoms with Crippen LogP contribution in [0, 0.1) is 0 Å². The molecule has 0 bridgehead atoms. The first-order chi connectivity index (χ1) is 12.1. The molecule has 0 saturated heterocycles. The maximum Gasteiger partial charge on any atom is 0.319 e. The van der Waals surface area contributed by atoms with Gasteiger partial charge in [0.1, 0.15) is 0 Å². The average molecular weight is 350 g/mol. The Morgan fingerprint density at radius 3 is 2.28 bits per heavy atom. The predicted molar refractivity (Wildman–Crippen MR) is 92.8 cm³/mol. The first kappa shape index (κ1) is 20.6. The van der Waals surface area contributed by atoms with Crippen molar-refractivity contribution >= 4 is 17.8 Å². The second-order valence-corrected chi connectivity index (χ2v) is 5.27. The van der Waals surface area contributed by atoms with Crippen molar-refractivity contribution in [3.8, 4) is 0 Å². The molecule has 0 aromatic heterocycles. The van der Waals surface area contributed by atoms with Crippen LogP contribution in [-0.2, 0) is 30.3 Å². The Kier molecular flexibility index (Phi) is 9.92. The number of benzene rings is 1. The maximum atomic E-state index is 12.4. The molecule has 1 atom stereocenters. The van der Waals surface area contributed by atoms with E-state index in [1.807, 2.05) is 30.3 Å². The zero-order chi connectivity index (χ0) is 18.5. The molecular weight excluding hydrogens is 324 g/mol. The number of hydrogen-bond acceptors (Lipinski definition) is 6. The molecule has 0 saturated carbocycles. The van der Waals surface area contributed by atoms with Crippen LogP contribution >= 0.6 is 0 Å². The summed E-state index contributed by atoms with van der Waals surface area (Å²) < 4.78 is 9.69. The Labute approximate surface area is 148 Å². The standard InChI is InChI=1S/C18H26N2O5/c1-3-24-16(21)10-11-19-18(23)15(20-13-17(22)25-4-2)12-14-8-6-5-7-9-14/h5-9,15,20H,3-4,10-13H2,1-2H3,(H,19,23). The third-order valence-corrected chi connectivity index (χ3v) is 3.33. The first-order valence-corrected chi connectivity index (χ1v) is 8.43. The summed E-state index contributed by atoms with van der Waals surface area (Å²) >= 11 is 0. The second-order valence-electron chi connectivity index (χ2n) is 5.27. The molecule has 0 spiro atoms. The number of amides is 1. The Bertz CT molecular complexity index is 548. The number of ether oxygens (including phenoxy) is 2. The topological polar surface area (TPSA) is 93.7 Å². The molecule has 0 aliphatic heterocycles. The Hall–Kier alpha value is -2.41. The van der Waals surface area contributed by atoms with Gasteiger partial charge in [-0.05, 0) is 25.8 Å². The molecule has 2 N–H and O–H groups in total. The van der Waals surface area contributed by atoms with Gasteiger partial charge in [-0.15, -0.1) is 0 Å². The van der Waals surface area contributed by atoms with E-state index in [1.165, 1.54) is 0 Å². The number of esters is 2. The molecule has 0 radical (unpaired) electrons. The summed E-state index contributed by atoms with van der Waals surface area (Å²) in [6.45, 7) is 4.17. The highest BCUT2D eigenvalue weighted by molar-refractivity contribution is 5.83. The van der Waals surface area contributed by atoms with Gasteiger partial charge in [0.2, 0.25) is 5.91 Å². The van der Waals surface area contributed by atoms with Gasteiger partial charge in [0.15, 0.2) is 0 Å². The van der Waals surface area contributed by atoms with E-state index in [0.717, 1.165) is 5.56 Å². The third-order valence-electron chi connectivity index (χ3n) is 3.33. The molecular formula is C18H26N2O5. The number of carbonyl (C=O) groups excluding carboxylic acids is 3. The highest BCUT2D eigenvalue weighted by atomic mass is 16.5. The molecule has 1 amide bonds. The lowest BCUT2D eigenvalue weighted by atomic mass is 10.1. The summed E-state index contributed by atoms with van der Waals surface area (Å²) in [6, 6.07) is 8.88. The lowest BCUT2D eigenvalue weighted by molar-refractivity contribution is -0.143. The van der Waals surface area contributed by atoms with E-state index in [0.29, 0.717) is 13.0 Å². The number of carbonyl (C=O) groups is 3. The molecule has 1 unspecified atom stereocenters. The van der Waals surface area contributed by atoms with Crippen LogP contribution in [0.25, 0.3) is 0 Å². The normalized spacial score (nSPS) is 11.4. The SMILES string of the molecule is CCOC(=O)CCNC(=O)C(Cc1ccccc1)NCC(=O)OCC. The van der Waals surface area contributed by atoms with Crippen molar-refractivity contribution in [1.82, 2.24) is 10.6 Å². The van der Waals surface area contributed by atoms with E-state index in [9.17, 15) is 14.4 Å². The van der Waals surface area contributed by atoms with Gasteiger partial charge in [-0.2, -0.15) is 0 Å². The van der Waals surface area contributed by atoms with E-state index in [-0.39, 0.29) is 38.0 Å². The maximum absolute atomic E-state index is 12.4. The molecule has 138 valence electrons. The van der Waals surface area contributed by atoms with Crippen molar-refractivity contribution < 1.29 is 23.9 Å². The summed E-state index contributed by atoms with van der Waals surface area (Å²) in [5.41, 5.74) is 0.962. The Morgan fingerprint density at radius 2 is 1.64 bits per heavy atom. The van der Waals surface area contributed by atoms with Crippen LogP contribution in [0.1, 0.15) is 25.8 Å². The van der Waals surface area contributed by atoms with Crippen LogP contribution in [0.2, 0.25) is 0 Å². The highest BCUT2D eigenvalue weighted by Gasteiger charge is 2.20. The summed E-state index contributed by atoms with van der Waals surface area (Å²) in [6.07, 6.45) is 0.529. The minimum absolute atomic E-state index is 0.0589. The van der Waals surface area contributed by atoms with Gasteiger partial charge in [0.25, 0.3) is 0 Å². The zero-order valence-electron chi connectivity index (χ0n) is 14.7. The number of rotatable bonds is 11. The molecule has 7 heteroatoms. The Morgan fingerprint density at radius 1 is 1.00 bits per heavy atom. The van der Waals surface area contributed by atoms with E-state index in [4.69, 9.17) is 9.47 Å². The summed E-state index contributed by atoms with van der Waals surface area (Å²) in [4.78, 5) is 35.2. The fourth-order valence-corrected chi connectivity index (χ4v) is 2.17. The lowest BCUT2D eigenvalue weighted by Gasteiger charge is -2.18. The summed E-state index contributed by atoms with van der Waals surface area (Å²) in [5, 5.41) is 5.61. The minimum atomic E-state index is -0.603. The smallest absolute Gasteiger partial charge is 0.319 e. The van der Waals surface area contributed by atoms with Crippen LogP contribution in [0.15, 0.2) is 30.3 Å². The van der Waals surface area contributed by atoms with Crippen molar-refractivity contribution in [2.75, 3.05) is 26.3 Å². The molecule has 1 rings (SSSR count). The largest absolute Gasteiger partial charge is 0.466 e. The average Bonchev–Trinajstić information content (AvgIpc) is 2.60. The van der Waals surface area contributed by atoms with Gasteiger partial charge in [0, 0.05) is 6.54 Å². The van der Waals surface area contributed by atoms with Crippen LogP contribution < -0.4 is 10.6 Å². The van der Waals surface area contributed by atoms with Crippen LogP contribution in [0.4, 0.5) is 0 Å².